The third-order valence-electron chi connectivity index (χ3n) is 3.35. The van der Waals surface area contributed by atoms with E-state index < -0.39 is 11.6 Å². The van der Waals surface area contributed by atoms with Crippen LogP contribution in [0.5, 0.6) is 5.75 Å². The maximum absolute atomic E-state index is 13.3. The van der Waals surface area contributed by atoms with Crippen LogP contribution in [0.3, 0.4) is 0 Å². The smallest absolute Gasteiger partial charge is 0.159 e. The van der Waals surface area contributed by atoms with Crippen LogP contribution in [0.1, 0.15) is 17.2 Å². The van der Waals surface area contributed by atoms with Crippen LogP contribution in [0, 0.1) is 11.6 Å². The van der Waals surface area contributed by atoms with Crippen molar-refractivity contribution < 1.29 is 13.5 Å². The lowest BCUT2D eigenvalue weighted by Crippen LogP contribution is -2.19. The van der Waals surface area contributed by atoms with Gasteiger partial charge in [0, 0.05) is 6.04 Å². The van der Waals surface area contributed by atoms with Gasteiger partial charge in [0.05, 0.1) is 12.1 Å². The summed E-state index contributed by atoms with van der Waals surface area (Å²) in [6.45, 7) is 0. The van der Waals surface area contributed by atoms with E-state index in [0.717, 1.165) is 11.6 Å². The summed E-state index contributed by atoms with van der Waals surface area (Å²) in [6, 6.07) is 9.35. The van der Waals surface area contributed by atoms with Gasteiger partial charge in [-0.2, -0.15) is 0 Å². The van der Waals surface area contributed by atoms with Crippen LogP contribution in [0.4, 0.5) is 8.78 Å². The van der Waals surface area contributed by atoms with E-state index in [-0.39, 0.29) is 6.04 Å². The van der Waals surface area contributed by atoms with Crippen LogP contribution in [-0.4, -0.2) is 14.2 Å². The van der Waals surface area contributed by atoms with E-state index in [0.29, 0.717) is 22.8 Å². The monoisotopic (exact) mass is 311 g/mol. The molecule has 0 aliphatic rings. The van der Waals surface area contributed by atoms with Gasteiger partial charge in [-0.1, -0.05) is 23.7 Å². The predicted octanol–water partition coefficient (Wildman–Crippen LogP) is 4.13. The lowest BCUT2D eigenvalue weighted by molar-refractivity contribution is 0.413. The summed E-state index contributed by atoms with van der Waals surface area (Å²) >= 11 is 6.01. The van der Waals surface area contributed by atoms with Crippen molar-refractivity contribution in [1.29, 1.82) is 0 Å². The van der Waals surface area contributed by atoms with Gasteiger partial charge in [-0.3, -0.25) is 0 Å². The largest absolute Gasteiger partial charge is 0.495 e. The Morgan fingerprint density at radius 1 is 1.14 bits per heavy atom. The number of hydrogen-bond acceptors (Lipinski definition) is 2. The molecular formula is C16H16ClF2NO. The van der Waals surface area contributed by atoms with E-state index in [1.54, 1.807) is 19.2 Å². The zero-order valence-corrected chi connectivity index (χ0v) is 12.5. The fourth-order valence-electron chi connectivity index (χ4n) is 2.18. The Morgan fingerprint density at radius 2 is 1.90 bits per heavy atom. The third kappa shape index (κ3) is 3.71. The number of ether oxygens (including phenoxy) is 1. The molecule has 1 N–H and O–H groups in total. The second kappa shape index (κ2) is 6.87. The Bertz CT molecular complexity index is 634. The maximum Gasteiger partial charge on any atom is 0.159 e. The summed E-state index contributed by atoms with van der Waals surface area (Å²) in [5.41, 5.74) is 1.67. The number of nitrogens with one attached hydrogen (secondary N) is 1. The van der Waals surface area contributed by atoms with Crippen LogP contribution < -0.4 is 10.1 Å². The maximum atomic E-state index is 13.3. The molecule has 21 heavy (non-hydrogen) atoms. The molecule has 2 rings (SSSR count). The van der Waals surface area contributed by atoms with E-state index >= 15 is 0 Å². The second-order valence-electron chi connectivity index (χ2n) is 4.69. The molecule has 0 bridgehead atoms. The molecule has 0 radical (unpaired) electrons. The molecule has 0 fully saturated rings. The number of likely N-dealkylation sites (N-methyl/N-ethyl adjacent to an activating group) is 1. The van der Waals surface area contributed by atoms with E-state index in [4.69, 9.17) is 16.3 Å². The SMILES string of the molecule is CNC(Cc1ccc(F)c(F)c1)c1ccc(Cl)c(OC)c1. The fourth-order valence-corrected chi connectivity index (χ4v) is 2.38. The predicted molar refractivity (Wildman–Crippen MR) is 79.9 cm³/mol. The van der Waals surface area contributed by atoms with E-state index in [1.165, 1.54) is 6.07 Å². The first-order valence-electron chi connectivity index (χ1n) is 6.49. The average Bonchev–Trinajstić information content (AvgIpc) is 2.49. The summed E-state index contributed by atoms with van der Waals surface area (Å²) in [5, 5.41) is 3.69. The summed E-state index contributed by atoms with van der Waals surface area (Å²) < 4.78 is 31.4. The van der Waals surface area contributed by atoms with Gasteiger partial charge in [-0.05, 0) is 48.9 Å². The highest BCUT2D eigenvalue weighted by Crippen LogP contribution is 2.29. The van der Waals surface area contributed by atoms with Crippen LogP contribution in [0.2, 0.25) is 5.02 Å². The van der Waals surface area contributed by atoms with E-state index in [1.807, 2.05) is 19.2 Å². The average molecular weight is 312 g/mol. The minimum atomic E-state index is -0.840. The normalized spacial score (nSPS) is 12.2. The Morgan fingerprint density at radius 3 is 2.52 bits per heavy atom. The summed E-state index contributed by atoms with van der Waals surface area (Å²) in [6.07, 6.45) is 0.526. The van der Waals surface area contributed by atoms with Crippen molar-refractivity contribution in [3.05, 3.63) is 64.2 Å². The highest BCUT2D eigenvalue weighted by atomic mass is 35.5. The molecule has 2 aromatic carbocycles. The first kappa shape index (κ1) is 15.7. The molecule has 0 saturated heterocycles. The third-order valence-corrected chi connectivity index (χ3v) is 3.66. The molecule has 0 spiro atoms. The molecule has 0 aliphatic carbocycles. The molecule has 0 aliphatic heterocycles. The van der Waals surface area contributed by atoms with Crippen LogP contribution in [0.25, 0.3) is 0 Å². The van der Waals surface area contributed by atoms with Gasteiger partial charge in [-0.25, -0.2) is 8.78 Å². The van der Waals surface area contributed by atoms with E-state index in [9.17, 15) is 8.78 Å². The van der Waals surface area contributed by atoms with Crippen molar-refractivity contribution in [2.24, 2.45) is 0 Å². The van der Waals surface area contributed by atoms with Crippen LogP contribution >= 0.6 is 11.6 Å². The zero-order chi connectivity index (χ0) is 15.4. The highest BCUT2D eigenvalue weighted by Gasteiger charge is 2.14. The van der Waals surface area contributed by atoms with Gasteiger partial charge >= 0.3 is 0 Å². The van der Waals surface area contributed by atoms with Crippen molar-refractivity contribution in [3.8, 4) is 5.75 Å². The van der Waals surface area contributed by atoms with Gasteiger partial charge in [0.2, 0.25) is 0 Å². The van der Waals surface area contributed by atoms with Gasteiger partial charge in [0.15, 0.2) is 11.6 Å². The van der Waals surface area contributed by atoms with Crippen molar-refractivity contribution in [2.45, 2.75) is 12.5 Å². The summed E-state index contributed by atoms with van der Waals surface area (Å²) in [7, 11) is 3.36. The number of methoxy groups -OCH3 is 1. The number of hydrogen-bond donors (Lipinski definition) is 1. The summed E-state index contributed by atoms with van der Waals surface area (Å²) in [5.74, 6) is -1.09. The van der Waals surface area contributed by atoms with E-state index in [2.05, 4.69) is 5.32 Å². The summed E-state index contributed by atoms with van der Waals surface area (Å²) in [4.78, 5) is 0. The second-order valence-corrected chi connectivity index (χ2v) is 5.10. The molecule has 2 aromatic rings. The Labute approximate surface area is 127 Å². The zero-order valence-electron chi connectivity index (χ0n) is 11.8. The molecule has 0 aromatic heterocycles. The van der Waals surface area contributed by atoms with Crippen molar-refractivity contribution in [2.75, 3.05) is 14.2 Å². The molecule has 1 unspecified atom stereocenters. The molecule has 5 heteroatoms. The minimum absolute atomic E-state index is 0.0546. The van der Waals surface area contributed by atoms with Crippen LogP contribution in [0.15, 0.2) is 36.4 Å². The highest BCUT2D eigenvalue weighted by molar-refractivity contribution is 6.32. The minimum Gasteiger partial charge on any atom is -0.495 e. The lowest BCUT2D eigenvalue weighted by Gasteiger charge is -2.18. The van der Waals surface area contributed by atoms with Gasteiger partial charge in [0.1, 0.15) is 5.75 Å². The molecule has 0 heterocycles. The Kier molecular flexibility index (Phi) is 5.15. The molecule has 0 saturated carbocycles. The van der Waals surface area contributed by atoms with Crippen molar-refractivity contribution >= 4 is 11.6 Å². The van der Waals surface area contributed by atoms with Gasteiger partial charge in [-0.15, -0.1) is 0 Å². The molecule has 0 amide bonds. The molecule has 1 atom stereocenters. The Balaban J connectivity index is 2.25. The van der Waals surface area contributed by atoms with Crippen molar-refractivity contribution in [1.82, 2.24) is 5.32 Å². The molecule has 2 nitrogen and oxygen atoms in total. The molecule has 112 valence electrons. The number of rotatable bonds is 5. The quantitative estimate of drug-likeness (QED) is 0.896. The standard InChI is InChI=1S/C16H16ClF2NO/c1-20-15(8-10-3-6-13(18)14(19)7-10)11-4-5-12(17)16(9-11)21-2/h3-7,9,15,20H,8H2,1-2H3. The topological polar surface area (TPSA) is 21.3 Å². The van der Waals surface area contributed by atoms with Gasteiger partial charge in [0.25, 0.3) is 0 Å². The first-order chi connectivity index (χ1) is 10.0. The van der Waals surface area contributed by atoms with Gasteiger partial charge < -0.3 is 10.1 Å². The number of benzene rings is 2. The lowest BCUT2D eigenvalue weighted by atomic mass is 9.98. The number of halogens is 3. The molecular weight excluding hydrogens is 296 g/mol. The fraction of sp³-hybridized carbons (Fsp3) is 0.250. The van der Waals surface area contributed by atoms with Crippen LogP contribution in [-0.2, 0) is 6.42 Å². The van der Waals surface area contributed by atoms with Crippen molar-refractivity contribution in [3.63, 3.8) is 0 Å². The first-order valence-corrected chi connectivity index (χ1v) is 6.87. The Hall–Kier alpha value is -1.65.